The fraction of sp³-hybridized carbons (Fsp3) is 0.481. The molecule has 0 N–H and O–H groups in total. The number of likely N-dealkylation sites (N-methyl/N-ethyl adjacent to an activating group) is 2. The molecule has 0 radical (unpaired) electrons. The second-order valence-corrected chi connectivity index (χ2v) is 12.5. The fourth-order valence-electron chi connectivity index (χ4n) is 6.02. The predicted molar refractivity (Wildman–Crippen MR) is 139 cm³/mol. The van der Waals surface area contributed by atoms with E-state index in [2.05, 4.69) is 0 Å². The Bertz CT molecular complexity index is 1310. The van der Waals surface area contributed by atoms with Crippen molar-refractivity contribution in [2.45, 2.75) is 56.0 Å². The zero-order valence-electron chi connectivity index (χ0n) is 21.4. The Morgan fingerprint density at radius 3 is 2.27 bits per heavy atom. The molecule has 198 valence electrons. The van der Waals surface area contributed by atoms with Crippen molar-refractivity contribution < 1.29 is 22.4 Å². The first kappa shape index (κ1) is 25.7. The summed E-state index contributed by atoms with van der Waals surface area (Å²) < 4.78 is 43.8. The van der Waals surface area contributed by atoms with Gasteiger partial charge < -0.3 is 9.80 Å². The molecule has 37 heavy (non-hydrogen) atoms. The van der Waals surface area contributed by atoms with E-state index >= 15 is 4.39 Å². The van der Waals surface area contributed by atoms with Crippen LogP contribution in [-0.4, -0.2) is 73.2 Å². The standard InChI is InChI=1S/C27H33FN4O4S/c1-19-9-12-24(20-7-5-4-6-8-20)37(35,36)32(19)18-21-10-11-22(17-23(21)28)31-15-13-27(14-16-31)25(33)29(2)26(34)30(27)3/h4-8,10-11,17,19,24H,9,12-16,18H2,1-3H3/t19-,24+/m0/s1. The second kappa shape index (κ2) is 9.40. The van der Waals surface area contributed by atoms with Crippen LogP contribution in [0.4, 0.5) is 14.9 Å². The number of benzene rings is 2. The Labute approximate surface area is 217 Å². The molecule has 2 atom stereocenters. The van der Waals surface area contributed by atoms with Crippen LogP contribution >= 0.6 is 0 Å². The van der Waals surface area contributed by atoms with E-state index in [1.165, 1.54) is 27.2 Å². The van der Waals surface area contributed by atoms with Crippen LogP contribution in [0, 0.1) is 5.82 Å². The van der Waals surface area contributed by atoms with Crippen LogP contribution in [0.2, 0.25) is 0 Å². The Kier molecular flexibility index (Phi) is 6.52. The van der Waals surface area contributed by atoms with Crippen molar-refractivity contribution in [3.05, 3.63) is 65.5 Å². The van der Waals surface area contributed by atoms with Gasteiger partial charge in [0.25, 0.3) is 5.91 Å². The first-order chi connectivity index (χ1) is 17.6. The number of sulfonamides is 1. The Morgan fingerprint density at radius 2 is 1.68 bits per heavy atom. The summed E-state index contributed by atoms with van der Waals surface area (Å²) >= 11 is 0. The van der Waals surface area contributed by atoms with Crippen molar-refractivity contribution in [3.8, 4) is 0 Å². The monoisotopic (exact) mass is 528 g/mol. The minimum atomic E-state index is -3.66. The molecule has 0 saturated carbocycles. The number of amides is 3. The molecule has 5 rings (SSSR count). The average Bonchev–Trinajstić information content (AvgIpc) is 3.04. The van der Waals surface area contributed by atoms with Crippen molar-refractivity contribution in [3.63, 3.8) is 0 Å². The molecule has 0 aromatic heterocycles. The molecule has 2 aromatic rings. The summed E-state index contributed by atoms with van der Waals surface area (Å²) in [5.41, 5.74) is 0.937. The van der Waals surface area contributed by atoms with E-state index in [4.69, 9.17) is 0 Å². The van der Waals surface area contributed by atoms with E-state index in [1.54, 1.807) is 13.1 Å². The van der Waals surface area contributed by atoms with Gasteiger partial charge in [-0.15, -0.1) is 0 Å². The number of carbonyl (C=O) groups excluding carboxylic acids is 2. The Balaban J connectivity index is 1.31. The molecule has 3 aliphatic rings. The van der Waals surface area contributed by atoms with E-state index in [1.807, 2.05) is 48.2 Å². The molecule has 3 heterocycles. The van der Waals surface area contributed by atoms with Crippen molar-refractivity contribution in [1.82, 2.24) is 14.1 Å². The van der Waals surface area contributed by atoms with Gasteiger partial charge in [-0.1, -0.05) is 36.4 Å². The smallest absolute Gasteiger partial charge is 0.327 e. The number of piperidine rings is 1. The molecular weight excluding hydrogens is 495 g/mol. The normalized spacial score (nSPS) is 25.8. The quantitative estimate of drug-likeness (QED) is 0.565. The molecular formula is C27H33FN4O4S. The second-order valence-electron chi connectivity index (χ2n) is 10.4. The van der Waals surface area contributed by atoms with Gasteiger partial charge in [-0.2, -0.15) is 4.31 Å². The molecule has 0 bridgehead atoms. The van der Waals surface area contributed by atoms with Gasteiger partial charge in [-0.05, 0) is 50.3 Å². The molecule has 2 aromatic carbocycles. The van der Waals surface area contributed by atoms with Crippen molar-refractivity contribution >= 4 is 27.6 Å². The summed E-state index contributed by atoms with van der Waals surface area (Å²) in [6.07, 6.45) is 2.18. The molecule has 8 nitrogen and oxygen atoms in total. The summed E-state index contributed by atoms with van der Waals surface area (Å²) in [5.74, 6) is -0.641. The zero-order valence-corrected chi connectivity index (χ0v) is 22.2. The molecule has 3 amide bonds. The maximum Gasteiger partial charge on any atom is 0.327 e. The van der Waals surface area contributed by atoms with Gasteiger partial charge in [-0.25, -0.2) is 17.6 Å². The topological polar surface area (TPSA) is 81.2 Å². The van der Waals surface area contributed by atoms with Crippen molar-refractivity contribution in [2.24, 2.45) is 0 Å². The Hall–Kier alpha value is -2.98. The van der Waals surface area contributed by atoms with Crippen LogP contribution < -0.4 is 4.90 Å². The average molecular weight is 529 g/mol. The highest BCUT2D eigenvalue weighted by Gasteiger charge is 2.55. The predicted octanol–water partition coefficient (Wildman–Crippen LogP) is 3.74. The summed E-state index contributed by atoms with van der Waals surface area (Å²) in [5, 5.41) is -0.629. The van der Waals surface area contributed by atoms with Crippen LogP contribution in [-0.2, 0) is 21.4 Å². The van der Waals surface area contributed by atoms with Gasteiger partial charge >= 0.3 is 6.03 Å². The number of halogens is 1. The van der Waals surface area contributed by atoms with E-state index in [-0.39, 0.29) is 24.5 Å². The number of anilines is 1. The van der Waals surface area contributed by atoms with Crippen LogP contribution in [0.3, 0.4) is 0 Å². The summed E-state index contributed by atoms with van der Waals surface area (Å²) in [4.78, 5) is 29.7. The molecule has 10 heteroatoms. The summed E-state index contributed by atoms with van der Waals surface area (Å²) in [7, 11) is -0.496. The number of carbonyl (C=O) groups is 2. The zero-order chi connectivity index (χ0) is 26.5. The summed E-state index contributed by atoms with van der Waals surface area (Å²) in [6.45, 7) is 2.87. The number of urea groups is 1. The third-order valence-corrected chi connectivity index (χ3v) is 10.8. The van der Waals surface area contributed by atoms with Gasteiger partial charge in [0, 0.05) is 51.0 Å². The van der Waals surface area contributed by atoms with Gasteiger partial charge in [-0.3, -0.25) is 9.69 Å². The lowest BCUT2D eigenvalue weighted by molar-refractivity contribution is -0.133. The number of hydrogen-bond donors (Lipinski definition) is 0. The third kappa shape index (κ3) is 4.20. The molecule has 0 unspecified atom stereocenters. The van der Waals surface area contributed by atoms with Crippen molar-refractivity contribution in [1.29, 1.82) is 0 Å². The van der Waals surface area contributed by atoms with Crippen LogP contribution in [0.5, 0.6) is 0 Å². The molecule has 3 fully saturated rings. The fourth-order valence-corrected chi connectivity index (χ4v) is 8.20. The number of rotatable bonds is 4. The number of nitrogens with zero attached hydrogens (tertiary/aromatic N) is 4. The van der Waals surface area contributed by atoms with E-state index in [0.29, 0.717) is 50.0 Å². The van der Waals surface area contributed by atoms with Gasteiger partial charge in [0.05, 0.1) is 0 Å². The maximum absolute atomic E-state index is 15.3. The van der Waals surface area contributed by atoms with Crippen LogP contribution in [0.1, 0.15) is 49.0 Å². The SMILES string of the molecule is C[C@H]1CC[C@H](c2ccccc2)S(=O)(=O)N1Cc1ccc(N2CCC3(CC2)C(=O)N(C)C(=O)N3C)cc1F. The van der Waals surface area contributed by atoms with E-state index < -0.39 is 26.6 Å². The minimum absolute atomic E-state index is 0.0181. The lowest BCUT2D eigenvalue weighted by Crippen LogP contribution is -2.55. The molecule has 3 aliphatic heterocycles. The molecule has 3 saturated heterocycles. The maximum atomic E-state index is 15.3. The lowest BCUT2D eigenvalue weighted by atomic mass is 9.86. The van der Waals surface area contributed by atoms with E-state index in [0.717, 1.165) is 5.56 Å². The van der Waals surface area contributed by atoms with Gasteiger partial charge in [0.1, 0.15) is 16.6 Å². The molecule has 0 aliphatic carbocycles. The van der Waals surface area contributed by atoms with Crippen molar-refractivity contribution in [2.75, 3.05) is 32.1 Å². The highest BCUT2D eigenvalue weighted by Crippen LogP contribution is 2.39. The highest BCUT2D eigenvalue weighted by molar-refractivity contribution is 7.89. The number of hydrogen-bond acceptors (Lipinski definition) is 5. The third-order valence-electron chi connectivity index (χ3n) is 8.43. The first-order valence-electron chi connectivity index (χ1n) is 12.7. The molecule has 1 spiro atoms. The Morgan fingerprint density at radius 1 is 1.00 bits per heavy atom. The minimum Gasteiger partial charge on any atom is -0.371 e. The van der Waals surface area contributed by atoms with Gasteiger partial charge in [0.2, 0.25) is 10.0 Å². The van der Waals surface area contributed by atoms with E-state index in [9.17, 15) is 18.0 Å². The van der Waals surface area contributed by atoms with Gasteiger partial charge in [0.15, 0.2) is 0 Å². The first-order valence-corrected chi connectivity index (χ1v) is 14.2. The van der Waals surface area contributed by atoms with Crippen LogP contribution in [0.15, 0.2) is 48.5 Å². The largest absolute Gasteiger partial charge is 0.371 e. The lowest BCUT2D eigenvalue weighted by Gasteiger charge is -2.41. The highest BCUT2D eigenvalue weighted by atomic mass is 32.2. The van der Waals surface area contributed by atoms with Crippen LogP contribution in [0.25, 0.3) is 0 Å². The number of imide groups is 1. The summed E-state index contributed by atoms with van der Waals surface area (Å²) in [6, 6.07) is 13.6.